The molecule has 0 N–H and O–H groups in total. The summed E-state index contributed by atoms with van der Waals surface area (Å²) >= 11 is 1.21. The topological polar surface area (TPSA) is 34.1 Å². The summed E-state index contributed by atoms with van der Waals surface area (Å²) in [6.45, 7) is 1.53. The summed E-state index contributed by atoms with van der Waals surface area (Å²) in [5, 5.41) is 0.0567. The van der Waals surface area contributed by atoms with Crippen molar-refractivity contribution in [2.45, 2.75) is 13.3 Å². The van der Waals surface area contributed by atoms with Crippen LogP contribution in [0.25, 0.3) is 11.1 Å². The van der Waals surface area contributed by atoms with Gasteiger partial charge in [0, 0.05) is 18.6 Å². The first-order valence-corrected chi connectivity index (χ1v) is 7.90. The van der Waals surface area contributed by atoms with Crippen LogP contribution in [-0.2, 0) is 16.0 Å². The maximum Gasteiger partial charge on any atom is 0.185 e. The summed E-state index contributed by atoms with van der Waals surface area (Å²) in [5.74, 6) is 0.445. The number of carbonyl (C=O) groups excluding carboxylic acids is 2. The lowest BCUT2D eigenvalue weighted by Crippen LogP contribution is -2.10. The van der Waals surface area contributed by atoms with E-state index >= 15 is 0 Å². The van der Waals surface area contributed by atoms with E-state index in [1.165, 1.54) is 29.8 Å². The molecule has 1 atom stereocenters. The zero-order valence-corrected chi connectivity index (χ0v) is 12.8. The Morgan fingerprint density at radius 3 is 2.24 bits per heavy atom. The molecule has 0 aliphatic heterocycles. The van der Waals surface area contributed by atoms with Gasteiger partial charge in [0.1, 0.15) is 6.29 Å². The van der Waals surface area contributed by atoms with Crippen molar-refractivity contribution < 1.29 is 9.59 Å². The molecule has 2 aromatic rings. The third-order valence-corrected chi connectivity index (χ3v) is 4.25. The quantitative estimate of drug-likeness (QED) is 0.756. The van der Waals surface area contributed by atoms with Crippen molar-refractivity contribution in [3.63, 3.8) is 0 Å². The number of aldehydes is 1. The number of hydrogen-bond donors (Lipinski definition) is 0. The van der Waals surface area contributed by atoms with E-state index in [0.717, 1.165) is 11.8 Å². The molecule has 2 rings (SSSR count). The Labute approximate surface area is 129 Å². The molecular weight excluding hydrogens is 280 g/mol. The molecule has 21 heavy (non-hydrogen) atoms. The van der Waals surface area contributed by atoms with E-state index in [2.05, 4.69) is 36.4 Å². The van der Waals surface area contributed by atoms with Gasteiger partial charge in [-0.1, -0.05) is 66.4 Å². The zero-order chi connectivity index (χ0) is 15.1. The Balaban J connectivity index is 2.01. The highest BCUT2D eigenvalue weighted by Crippen LogP contribution is 2.21. The first-order chi connectivity index (χ1) is 10.2. The van der Waals surface area contributed by atoms with Gasteiger partial charge in [-0.2, -0.15) is 0 Å². The summed E-state index contributed by atoms with van der Waals surface area (Å²) in [5.41, 5.74) is 3.47. The number of carbonyl (C=O) groups is 2. The van der Waals surface area contributed by atoms with Gasteiger partial charge in [0.05, 0.1) is 0 Å². The molecule has 0 saturated heterocycles. The largest absolute Gasteiger partial charge is 0.303 e. The van der Waals surface area contributed by atoms with Crippen molar-refractivity contribution in [3.8, 4) is 11.1 Å². The van der Waals surface area contributed by atoms with E-state index in [-0.39, 0.29) is 11.0 Å². The fourth-order valence-electron chi connectivity index (χ4n) is 2.14. The van der Waals surface area contributed by atoms with Gasteiger partial charge in [-0.25, -0.2) is 0 Å². The predicted octanol–water partition coefficient (Wildman–Crippen LogP) is 3.99. The highest BCUT2D eigenvalue weighted by molar-refractivity contribution is 8.13. The summed E-state index contributed by atoms with van der Waals surface area (Å²) < 4.78 is 0. The van der Waals surface area contributed by atoms with Gasteiger partial charge in [0.25, 0.3) is 0 Å². The van der Waals surface area contributed by atoms with Crippen molar-refractivity contribution in [1.29, 1.82) is 0 Å². The van der Waals surface area contributed by atoms with Crippen LogP contribution in [-0.4, -0.2) is 17.2 Å². The average Bonchev–Trinajstić information content (AvgIpc) is 2.52. The van der Waals surface area contributed by atoms with E-state index in [4.69, 9.17) is 0 Å². The molecule has 0 spiro atoms. The van der Waals surface area contributed by atoms with Crippen LogP contribution in [0.1, 0.15) is 12.5 Å². The average molecular weight is 298 g/mol. The maximum atomic E-state index is 11.1. The van der Waals surface area contributed by atoms with Gasteiger partial charge in [0.2, 0.25) is 0 Å². The van der Waals surface area contributed by atoms with E-state index in [0.29, 0.717) is 12.2 Å². The lowest BCUT2D eigenvalue weighted by molar-refractivity contribution is -0.110. The molecule has 0 fully saturated rings. The normalized spacial score (nSPS) is 11.9. The number of thioether (sulfide) groups is 1. The zero-order valence-electron chi connectivity index (χ0n) is 12.0. The molecule has 0 aliphatic rings. The summed E-state index contributed by atoms with van der Waals surface area (Å²) in [7, 11) is 0. The van der Waals surface area contributed by atoms with Gasteiger partial charge in [-0.15, -0.1) is 0 Å². The van der Waals surface area contributed by atoms with Crippen LogP contribution in [0.15, 0.2) is 54.6 Å². The van der Waals surface area contributed by atoms with Crippen LogP contribution >= 0.6 is 11.8 Å². The standard InChI is InChI=1S/C18H18O2S/c1-14(20)21-13-16(12-19)11-15-7-9-18(10-8-15)17-5-3-2-4-6-17/h2-10,12,16H,11,13H2,1H3. The number of benzene rings is 2. The highest BCUT2D eigenvalue weighted by Gasteiger charge is 2.10. The van der Waals surface area contributed by atoms with Crippen molar-refractivity contribution >= 4 is 23.2 Å². The smallest absolute Gasteiger partial charge is 0.185 e. The van der Waals surface area contributed by atoms with Crippen molar-refractivity contribution in [2.75, 3.05) is 5.75 Å². The minimum absolute atomic E-state index is 0.0567. The molecule has 0 aromatic heterocycles. The molecule has 0 bridgehead atoms. The van der Waals surface area contributed by atoms with Crippen molar-refractivity contribution in [1.82, 2.24) is 0 Å². The van der Waals surface area contributed by atoms with Crippen LogP contribution in [0.3, 0.4) is 0 Å². The molecule has 3 heteroatoms. The van der Waals surface area contributed by atoms with Crippen LogP contribution in [0.4, 0.5) is 0 Å². The minimum atomic E-state index is -0.110. The molecule has 2 aromatic carbocycles. The van der Waals surface area contributed by atoms with Crippen molar-refractivity contribution in [2.24, 2.45) is 5.92 Å². The molecule has 0 radical (unpaired) electrons. The first kappa shape index (κ1) is 15.5. The summed E-state index contributed by atoms with van der Waals surface area (Å²) in [6.07, 6.45) is 1.62. The van der Waals surface area contributed by atoms with Gasteiger partial charge in [-0.3, -0.25) is 4.79 Å². The third kappa shape index (κ3) is 4.87. The minimum Gasteiger partial charge on any atom is -0.303 e. The molecule has 0 saturated carbocycles. The van der Waals surface area contributed by atoms with Crippen LogP contribution in [0.5, 0.6) is 0 Å². The van der Waals surface area contributed by atoms with E-state index < -0.39 is 0 Å². The van der Waals surface area contributed by atoms with Gasteiger partial charge >= 0.3 is 0 Å². The van der Waals surface area contributed by atoms with Gasteiger partial charge in [0.15, 0.2) is 5.12 Å². The molecule has 0 amide bonds. The van der Waals surface area contributed by atoms with Gasteiger partial charge in [-0.05, 0) is 23.1 Å². The third-order valence-electron chi connectivity index (χ3n) is 3.25. The molecule has 108 valence electrons. The molecule has 0 aliphatic carbocycles. The number of rotatable bonds is 6. The Bertz CT molecular complexity index is 590. The predicted molar refractivity (Wildman–Crippen MR) is 88.3 cm³/mol. The van der Waals surface area contributed by atoms with Crippen LogP contribution in [0, 0.1) is 5.92 Å². The maximum absolute atomic E-state index is 11.1. The second-order valence-electron chi connectivity index (χ2n) is 4.97. The second kappa shape index (κ2) is 7.79. The lowest BCUT2D eigenvalue weighted by Gasteiger charge is -2.09. The monoisotopic (exact) mass is 298 g/mol. The van der Waals surface area contributed by atoms with Crippen LogP contribution < -0.4 is 0 Å². The highest BCUT2D eigenvalue weighted by atomic mass is 32.2. The van der Waals surface area contributed by atoms with Crippen LogP contribution in [0.2, 0.25) is 0 Å². The fraction of sp³-hybridized carbons (Fsp3) is 0.222. The second-order valence-corrected chi connectivity index (χ2v) is 6.16. The molecule has 0 heterocycles. The molecular formula is C18H18O2S. The summed E-state index contributed by atoms with van der Waals surface area (Å²) in [4.78, 5) is 22.1. The first-order valence-electron chi connectivity index (χ1n) is 6.92. The SMILES string of the molecule is CC(=O)SCC(C=O)Cc1ccc(-c2ccccc2)cc1. The Morgan fingerprint density at radius 2 is 1.67 bits per heavy atom. The lowest BCUT2D eigenvalue weighted by atomic mass is 9.99. The Kier molecular flexibility index (Phi) is 5.76. The van der Waals surface area contributed by atoms with E-state index in [9.17, 15) is 9.59 Å². The number of hydrogen-bond acceptors (Lipinski definition) is 3. The van der Waals surface area contributed by atoms with Gasteiger partial charge < -0.3 is 4.79 Å². The van der Waals surface area contributed by atoms with E-state index in [1.54, 1.807) is 0 Å². The molecule has 1 unspecified atom stereocenters. The fourth-order valence-corrected chi connectivity index (χ4v) is 2.78. The van der Waals surface area contributed by atoms with E-state index in [1.807, 2.05) is 18.2 Å². The molecule has 2 nitrogen and oxygen atoms in total. The Hall–Kier alpha value is -1.87. The summed E-state index contributed by atoms with van der Waals surface area (Å²) in [6, 6.07) is 18.4. The Morgan fingerprint density at radius 1 is 1.05 bits per heavy atom. The van der Waals surface area contributed by atoms with Crippen molar-refractivity contribution in [3.05, 3.63) is 60.2 Å².